The van der Waals surface area contributed by atoms with E-state index in [-0.39, 0.29) is 23.7 Å². The van der Waals surface area contributed by atoms with E-state index in [9.17, 15) is 14.0 Å². The summed E-state index contributed by atoms with van der Waals surface area (Å²) in [5.74, 6) is 0.232. The maximum absolute atomic E-state index is 13.5. The summed E-state index contributed by atoms with van der Waals surface area (Å²) in [5, 5.41) is 0. The molecule has 0 bridgehead atoms. The van der Waals surface area contributed by atoms with E-state index in [4.69, 9.17) is 4.74 Å². The molecule has 0 saturated carbocycles. The Labute approximate surface area is 183 Å². The van der Waals surface area contributed by atoms with Crippen LogP contribution in [0.25, 0.3) is 0 Å². The molecule has 0 N–H and O–H groups in total. The van der Waals surface area contributed by atoms with Crippen molar-refractivity contribution in [1.29, 1.82) is 0 Å². The molecule has 0 aliphatic carbocycles. The molecule has 0 saturated heterocycles. The van der Waals surface area contributed by atoms with Crippen molar-refractivity contribution in [1.82, 2.24) is 9.80 Å². The number of likely N-dealkylation sites (N-methyl/N-ethyl adjacent to an activating group) is 1. The maximum atomic E-state index is 13.5. The van der Waals surface area contributed by atoms with Crippen LogP contribution >= 0.6 is 0 Å². The number of fused-ring (bicyclic) bond motifs is 1. The number of hydrogen-bond donors (Lipinski definition) is 0. The SMILES string of the molecule is CCC(Oc1ccc2c(c1)C(c1ccc(F)cc1)N(C(C)=O)CC2)C(=O)N(CC)CC. The van der Waals surface area contributed by atoms with Crippen LogP contribution in [-0.4, -0.2) is 47.4 Å². The molecule has 1 aliphatic heterocycles. The number of benzene rings is 2. The van der Waals surface area contributed by atoms with Gasteiger partial charge in [0.1, 0.15) is 11.6 Å². The first kappa shape index (κ1) is 22.8. The molecule has 6 heteroatoms. The first-order valence-corrected chi connectivity index (χ1v) is 11.0. The zero-order valence-electron chi connectivity index (χ0n) is 18.7. The molecule has 2 amide bonds. The number of carbonyl (C=O) groups excluding carboxylic acids is 2. The van der Waals surface area contributed by atoms with Gasteiger partial charge in [-0.1, -0.05) is 25.1 Å². The summed E-state index contributed by atoms with van der Waals surface area (Å²) in [6, 6.07) is 11.8. The second kappa shape index (κ2) is 9.94. The molecule has 2 unspecified atom stereocenters. The average molecular weight is 427 g/mol. The average Bonchev–Trinajstić information content (AvgIpc) is 2.77. The van der Waals surface area contributed by atoms with Crippen molar-refractivity contribution in [2.45, 2.75) is 52.7 Å². The fraction of sp³-hybridized carbons (Fsp3) is 0.440. The number of carbonyl (C=O) groups is 2. The number of hydrogen-bond acceptors (Lipinski definition) is 3. The highest BCUT2D eigenvalue weighted by Crippen LogP contribution is 2.37. The molecule has 2 aromatic carbocycles. The number of ether oxygens (including phenoxy) is 1. The summed E-state index contributed by atoms with van der Waals surface area (Å²) in [6.07, 6.45) is 0.741. The van der Waals surface area contributed by atoms with E-state index in [1.807, 2.05) is 39.0 Å². The van der Waals surface area contributed by atoms with Gasteiger partial charge in [0.15, 0.2) is 6.10 Å². The van der Waals surface area contributed by atoms with Crippen LogP contribution in [-0.2, 0) is 16.0 Å². The largest absolute Gasteiger partial charge is 0.481 e. The summed E-state index contributed by atoms with van der Waals surface area (Å²) >= 11 is 0. The molecule has 5 nitrogen and oxygen atoms in total. The molecule has 2 aromatic rings. The normalized spacial score (nSPS) is 16.4. The summed E-state index contributed by atoms with van der Waals surface area (Å²) in [7, 11) is 0. The lowest BCUT2D eigenvalue weighted by Crippen LogP contribution is -2.41. The van der Waals surface area contributed by atoms with Gasteiger partial charge in [-0.05, 0) is 67.6 Å². The minimum atomic E-state index is -0.560. The van der Waals surface area contributed by atoms with Crippen LogP contribution in [0.2, 0.25) is 0 Å². The molecule has 166 valence electrons. The predicted octanol–water partition coefficient (Wildman–Crippen LogP) is 4.35. The highest BCUT2D eigenvalue weighted by atomic mass is 19.1. The van der Waals surface area contributed by atoms with E-state index >= 15 is 0 Å². The molecule has 2 atom stereocenters. The molecule has 0 radical (unpaired) electrons. The second-order valence-corrected chi connectivity index (χ2v) is 7.80. The zero-order valence-corrected chi connectivity index (χ0v) is 18.7. The number of nitrogens with zero attached hydrogens (tertiary/aromatic N) is 2. The van der Waals surface area contributed by atoms with Crippen LogP contribution in [0, 0.1) is 5.82 Å². The predicted molar refractivity (Wildman–Crippen MR) is 118 cm³/mol. The van der Waals surface area contributed by atoms with E-state index in [0.29, 0.717) is 31.8 Å². The van der Waals surface area contributed by atoms with Crippen molar-refractivity contribution >= 4 is 11.8 Å². The maximum Gasteiger partial charge on any atom is 0.263 e. The van der Waals surface area contributed by atoms with Gasteiger partial charge >= 0.3 is 0 Å². The number of rotatable bonds is 7. The van der Waals surface area contributed by atoms with Crippen LogP contribution < -0.4 is 4.74 Å². The van der Waals surface area contributed by atoms with Crippen LogP contribution in [0.4, 0.5) is 4.39 Å². The van der Waals surface area contributed by atoms with Gasteiger partial charge in [-0.15, -0.1) is 0 Å². The second-order valence-electron chi connectivity index (χ2n) is 7.80. The Bertz CT molecular complexity index is 925. The lowest BCUT2D eigenvalue weighted by molar-refractivity contribution is -0.138. The van der Waals surface area contributed by atoms with Gasteiger partial charge in [0, 0.05) is 26.6 Å². The zero-order chi connectivity index (χ0) is 22.5. The van der Waals surface area contributed by atoms with E-state index < -0.39 is 6.10 Å². The Kier molecular flexibility index (Phi) is 7.31. The van der Waals surface area contributed by atoms with Crippen molar-refractivity contribution < 1.29 is 18.7 Å². The third kappa shape index (κ3) is 4.89. The van der Waals surface area contributed by atoms with Gasteiger partial charge < -0.3 is 14.5 Å². The van der Waals surface area contributed by atoms with Gasteiger partial charge in [-0.25, -0.2) is 4.39 Å². The van der Waals surface area contributed by atoms with E-state index in [2.05, 4.69) is 0 Å². The summed E-state index contributed by atoms with van der Waals surface area (Å²) in [5.41, 5.74) is 2.93. The minimum Gasteiger partial charge on any atom is -0.481 e. The fourth-order valence-electron chi connectivity index (χ4n) is 4.22. The molecular formula is C25H31FN2O3. The van der Waals surface area contributed by atoms with Crippen LogP contribution in [0.5, 0.6) is 5.75 Å². The van der Waals surface area contributed by atoms with Gasteiger partial charge in [0.05, 0.1) is 6.04 Å². The van der Waals surface area contributed by atoms with Gasteiger partial charge in [0.25, 0.3) is 5.91 Å². The monoisotopic (exact) mass is 426 g/mol. The van der Waals surface area contributed by atoms with E-state index in [0.717, 1.165) is 23.1 Å². The molecule has 0 fully saturated rings. The van der Waals surface area contributed by atoms with Gasteiger partial charge in [0.2, 0.25) is 5.91 Å². The Morgan fingerprint density at radius 2 is 1.81 bits per heavy atom. The Morgan fingerprint density at radius 1 is 1.13 bits per heavy atom. The quantitative estimate of drug-likeness (QED) is 0.662. The van der Waals surface area contributed by atoms with Crippen molar-refractivity contribution in [3.63, 3.8) is 0 Å². The summed E-state index contributed by atoms with van der Waals surface area (Å²) < 4.78 is 19.6. The van der Waals surface area contributed by atoms with Crippen LogP contribution in [0.3, 0.4) is 0 Å². The van der Waals surface area contributed by atoms with Crippen molar-refractivity contribution in [3.8, 4) is 5.75 Å². The molecule has 0 aromatic heterocycles. The molecule has 0 spiro atoms. The van der Waals surface area contributed by atoms with Crippen molar-refractivity contribution in [2.24, 2.45) is 0 Å². The minimum absolute atomic E-state index is 0.0225. The topological polar surface area (TPSA) is 49.9 Å². The highest BCUT2D eigenvalue weighted by molar-refractivity contribution is 5.81. The standard InChI is InChI=1S/C25H31FN2O3/c1-5-23(25(30)27(6-2)7-3)31-21-13-10-18-14-15-28(17(4)29)24(22(18)16-21)19-8-11-20(26)12-9-19/h8-13,16,23-24H,5-7,14-15H2,1-4H3. The Hall–Kier alpha value is -2.89. The fourth-order valence-corrected chi connectivity index (χ4v) is 4.22. The summed E-state index contributed by atoms with van der Waals surface area (Å²) in [4.78, 5) is 28.7. The smallest absolute Gasteiger partial charge is 0.263 e. The molecule has 1 heterocycles. The number of halogens is 1. The van der Waals surface area contributed by atoms with Crippen molar-refractivity contribution in [3.05, 3.63) is 65.0 Å². The lowest BCUT2D eigenvalue weighted by Gasteiger charge is -2.37. The Balaban J connectivity index is 1.97. The van der Waals surface area contributed by atoms with Gasteiger partial charge in [-0.2, -0.15) is 0 Å². The third-order valence-corrected chi connectivity index (χ3v) is 5.94. The molecule has 3 rings (SSSR count). The van der Waals surface area contributed by atoms with E-state index in [1.165, 1.54) is 12.1 Å². The third-order valence-electron chi connectivity index (χ3n) is 5.94. The van der Waals surface area contributed by atoms with E-state index in [1.54, 1.807) is 28.9 Å². The summed E-state index contributed by atoms with van der Waals surface area (Å²) in [6.45, 7) is 9.27. The van der Waals surface area contributed by atoms with Crippen LogP contribution in [0.1, 0.15) is 56.8 Å². The lowest BCUT2D eigenvalue weighted by atomic mass is 9.88. The molecular weight excluding hydrogens is 395 g/mol. The van der Waals surface area contributed by atoms with Crippen molar-refractivity contribution in [2.75, 3.05) is 19.6 Å². The van der Waals surface area contributed by atoms with Gasteiger partial charge in [-0.3, -0.25) is 9.59 Å². The first-order valence-electron chi connectivity index (χ1n) is 11.0. The molecule has 1 aliphatic rings. The highest BCUT2D eigenvalue weighted by Gasteiger charge is 2.31. The van der Waals surface area contributed by atoms with Crippen LogP contribution in [0.15, 0.2) is 42.5 Å². The molecule has 31 heavy (non-hydrogen) atoms. The Morgan fingerprint density at radius 3 is 2.39 bits per heavy atom. The number of amides is 2. The first-order chi connectivity index (χ1) is 14.9.